The third-order valence-corrected chi connectivity index (χ3v) is 1.24. The molecule has 0 bridgehead atoms. The average Bonchev–Trinajstić information content (AvgIpc) is 2.18. The number of urea groups is 1. The highest BCUT2D eigenvalue weighted by atomic mass is 16.2. The smallest absolute Gasteiger partial charge is 0.317 e. The molecule has 1 N–H and O–H groups in total. The third kappa shape index (κ3) is 1.19. The monoisotopic (exact) mass is 128 g/mol. The van der Waals surface area contributed by atoms with Crippen LogP contribution in [-0.2, 0) is 4.79 Å². The molecule has 4 heteroatoms. The maximum Gasteiger partial charge on any atom is 0.317 e. The molecule has 0 saturated carbocycles. The summed E-state index contributed by atoms with van der Waals surface area (Å²) < 4.78 is 0. The summed E-state index contributed by atoms with van der Waals surface area (Å²) in [5, 5.41) is 2.58. The molecule has 0 atom stereocenters. The van der Waals surface area contributed by atoms with E-state index in [2.05, 4.69) is 5.32 Å². The van der Waals surface area contributed by atoms with Crippen LogP contribution in [0.1, 0.15) is 0 Å². The minimum atomic E-state index is -0.137. The van der Waals surface area contributed by atoms with Crippen LogP contribution >= 0.6 is 0 Å². The molecule has 1 heterocycles. The summed E-state index contributed by atoms with van der Waals surface area (Å²) in [6, 6.07) is -0.137. The van der Waals surface area contributed by atoms with E-state index in [9.17, 15) is 9.59 Å². The van der Waals surface area contributed by atoms with Crippen molar-refractivity contribution >= 4 is 12.3 Å². The average molecular weight is 128 g/mol. The van der Waals surface area contributed by atoms with Crippen molar-refractivity contribution in [2.24, 2.45) is 0 Å². The van der Waals surface area contributed by atoms with Crippen molar-refractivity contribution < 1.29 is 9.59 Å². The zero-order valence-electron chi connectivity index (χ0n) is 4.96. The molecule has 2 amide bonds. The fourth-order valence-electron chi connectivity index (χ4n) is 0.775. The Morgan fingerprint density at radius 1 is 1.78 bits per heavy atom. The number of nitrogens with one attached hydrogen (secondary N) is 1. The maximum absolute atomic E-state index is 10.6. The first-order valence-electron chi connectivity index (χ1n) is 2.81. The van der Waals surface area contributed by atoms with Crippen molar-refractivity contribution in [2.45, 2.75) is 0 Å². The molecule has 0 unspecified atom stereocenters. The van der Waals surface area contributed by atoms with E-state index >= 15 is 0 Å². The van der Waals surface area contributed by atoms with Crippen molar-refractivity contribution in [1.29, 1.82) is 0 Å². The number of hydrogen-bond donors (Lipinski definition) is 1. The molecular formula is C5H8N2O2. The molecule has 0 aromatic carbocycles. The Morgan fingerprint density at radius 3 is 3.00 bits per heavy atom. The number of carbonyl (C=O) groups excluding carboxylic acids is 2. The van der Waals surface area contributed by atoms with Crippen LogP contribution in [0, 0.1) is 0 Å². The number of aldehydes is 1. The van der Waals surface area contributed by atoms with E-state index in [4.69, 9.17) is 0 Å². The summed E-state index contributed by atoms with van der Waals surface area (Å²) >= 11 is 0. The van der Waals surface area contributed by atoms with Crippen LogP contribution in [0.4, 0.5) is 4.79 Å². The first-order valence-corrected chi connectivity index (χ1v) is 2.81. The third-order valence-electron chi connectivity index (χ3n) is 1.24. The van der Waals surface area contributed by atoms with Crippen LogP contribution in [0.5, 0.6) is 0 Å². The summed E-state index contributed by atoms with van der Waals surface area (Å²) in [4.78, 5) is 22.0. The molecular weight excluding hydrogens is 120 g/mol. The number of rotatable bonds is 2. The molecule has 50 valence electrons. The van der Waals surface area contributed by atoms with Gasteiger partial charge in [0.25, 0.3) is 0 Å². The van der Waals surface area contributed by atoms with Crippen molar-refractivity contribution in [3.05, 3.63) is 0 Å². The van der Waals surface area contributed by atoms with Crippen LogP contribution < -0.4 is 5.32 Å². The molecule has 0 aromatic heterocycles. The molecule has 1 saturated heterocycles. The van der Waals surface area contributed by atoms with Gasteiger partial charge in [-0.1, -0.05) is 0 Å². The van der Waals surface area contributed by atoms with Gasteiger partial charge in [-0.05, 0) is 0 Å². The van der Waals surface area contributed by atoms with Gasteiger partial charge in [0, 0.05) is 13.1 Å². The highest BCUT2D eigenvalue weighted by molar-refractivity contribution is 5.78. The van der Waals surface area contributed by atoms with Crippen molar-refractivity contribution in [3.8, 4) is 0 Å². The Morgan fingerprint density at radius 2 is 2.56 bits per heavy atom. The van der Waals surface area contributed by atoms with E-state index in [1.807, 2.05) is 0 Å². The molecule has 0 aliphatic carbocycles. The summed E-state index contributed by atoms with van der Waals surface area (Å²) in [6.07, 6.45) is 0.727. The fourth-order valence-corrected chi connectivity index (χ4v) is 0.775. The number of nitrogens with zero attached hydrogens (tertiary/aromatic N) is 1. The second-order valence-electron chi connectivity index (χ2n) is 1.84. The fraction of sp³-hybridized carbons (Fsp3) is 0.600. The first kappa shape index (κ1) is 6.07. The standard InChI is InChI=1S/C5H8N2O2/c8-4-3-7-2-1-6-5(7)9/h4H,1-3H2,(H,6,9). The van der Waals surface area contributed by atoms with Crippen LogP contribution in [0.3, 0.4) is 0 Å². The van der Waals surface area contributed by atoms with Crippen molar-refractivity contribution in [3.63, 3.8) is 0 Å². The maximum atomic E-state index is 10.6. The predicted octanol–water partition coefficient (Wildman–Crippen LogP) is -0.789. The second kappa shape index (κ2) is 2.48. The van der Waals surface area contributed by atoms with Gasteiger partial charge in [0.15, 0.2) is 0 Å². The molecule has 1 fully saturated rings. The summed E-state index contributed by atoms with van der Waals surface area (Å²) in [5.74, 6) is 0. The topological polar surface area (TPSA) is 49.4 Å². The van der Waals surface area contributed by atoms with E-state index in [0.717, 1.165) is 6.29 Å². The van der Waals surface area contributed by atoms with Gasteiger partial charge in [-0.25, -0.2) is 4.79 Å². The number of hydrogen-bond acceptors (Lipinski definition) is 2. The molecule has 1 aliphatic heterocycles. The number of amides is 2. The SMILES string of the molecule is O=CCN1CCNC1=O. The lowest BCUT2D eigenvalue weighted by Gasteiger charge is -2.07. The van der Waals surface area contributed by atoms with Crippen molar-refractivity contribution in [2.75, 3.05) is 19.6 Å². The Hall–Kier alpha value is -1.06. The van der Waals surface area contributed by atoms with Gasteiger partial charge in [-0.2, -0.15) is 0 Å². The second-order valence-corrected chi connectivity index (χ2v) is 1.84. The van der Waals surface area contributed by atoms with Gasteiger partial charge in [0.1, 0.15) is 6.29 Å². The van der Waals surface area contributed by atoms with E-state index < -0.39 is 0 Å². The summed E-state index contributed by atoms with van der Waals surface area (Å²) in [6.45, 7) is 1.52. The van der Waals surface area contributed by atoms with Crippen LogP contribution in [-0.4, -0.2) is 36.9 Å². The predicted molar refractivity (Wildman–Crippen MR) is 31.0 cm³/mol. The normalized spacial score (nSPS) is 17.8. The molecule has 4 nitrogen and oxygen atoms in total. The van der Waals surface area contributed by atoms with Crippen LogP contribution in [0.25, 0.3) is 0 Å². The van der Waals surface area contributed by atoms with Gasteiger partial charge in [0.05, 0.1) is 6.54 Å². The Balaban J connectivity index is 2.39. The number of carbonyl (C=O) groups is 2. The Bertz CT molecular complexity index is 135. The molecule has 0 aromatic rings. The van der Waals surface area contributed by atoms with E-state index in [1.54, 1.807) is 0 Å². The zero-order valence-corrected chi connectivity index (χ0v) is 4.96. The largest absolute Gasteiger partial charge is 0.336 e. The summed E-state index contributed by atoms with van der Waals surface area (Å²) in [5.41, 5.74) is 0. The lowest BCUT2D eigenvalue weighted by molar-refractivity contribution is -0.108. The zero-order chi connectivity index (χ0) is 6.69. The molecule has 1 aliphatic rings. The van der Waals surface area contributed by atoms with Crippen molar-refractivity contribution in [1.82, 2.24) is 10.2 Å². The highest BCUT2D eigenvalue weighted by Gasteiger charge is 2.17. The van der Waals surface area contributed by atoms with Gasteiger partial charge < -0.3 is 15.0 Å². The molecule has 0 spiro atoms. The summed E-state index contributed by atoms with van der Waals surface area (Å²) in [7, 11) is 0. The minimum absolute atomic E-state index is 0.137. The van der Waals surface area contributed by atoms with E-state index in [1.165, 1.54) is 4.90 Å². The van der Waals surface area contributed by atoms with Gasteiger partial charge in [-0.15, -0.1) is 0 Å². The Kier molecular flexibility index (Phi) is 1.67. The van der Waals surface area contributed by atoms with Crippen LogP contribution in [0.15, 0.2) is 0 Å². The molecule has 1 rings (SSSR count). The first-order chi connectivity index (χ1) is 4.34. The molecule has 0 radical (unpaired) electrons. The lowest BCUT2D eigenvalue weighted by Crippen LogP contribution is -2.29. The van der Waals surface area contributed by atoms with E-state index in [0.29, 0.717) is 13.1 Å². The molecule has 9 heavy (non-hydrogen) atoms. The van der Waals surface area contributed by atoms with Crippen LogP contribution in [0.2, 0.25) is 0 Å². The van der Waals surface area contributed by atoms with Gasteiger partial charge >= 0.3 is 6.03 Å². The quantitative estimate of drug-likeness (QED) is 0.495. The lowest BCUT2D eigenvalue weighted by atomic mass is 10.6. The highest BCUT2D eigenvalue weighted by Crippen LogP contribution is 1.92. The van der Waals surface area contributed by atoms with E-state index in [-0.39, 0.29) is 12.6 Å². The van der Waals surface area contributed by atoms with Gasteiger partial charge in [0.2, 0.25) is 0 Å². The van der Waals surface area contributed by atoms with Gasteiger partial charge in [-0.3, -0.25) is 0 Å². The minimum Gasteiger partial charge on any atom is -0.336 e. The Labute approximate surface area is 52.8 Å².